The van der Waals surface area contributed by atoms with Gasteiger partial charge in [-0.3, -0.25) is 18.9 Å². The fourth-order valence-electron chi connectivity index (χ4n) is 5.08. The summed E-state index contributed by atoms with van der Waals surface area (Å²) >= 11 is 0. The molecule has 8 nitrogen and oxygen atoms in total. The molecule has 0 fully saturated rings. The van der Waals surface area contributed by atoms with Crippen LogP contribution < -0.4 is 16.1 Å². The van der Waals surface area contributed by atoms with Gasteiger partial charge in [0.05, 0.1) is 12.8 Å². The number of ether oxygens (including phenoxy) is 1. The number of rotatable bonds is 11. The van der Waals surface area contributed by atoms with Crippen LogP contribution in [-0.2, 0) is 25.8 Å². The Morgan fingerprint density at radius 2 is 1.61 bits per heavy atom. The molecule has 0 saturated carbocycles. The number of aryl methyl sites for hydroxylation is 3. The minimum atomic E-state index is -0.592. The van der Waals surface area contributed by atoms with Crippen LogP contribution in [0.15, 0.2) is 86.9 Å². The number of methoxy groups -OCH3 is 1. The number of benzene rings is 3. The van der Waals surface area contributed by atoms with Crippen molar-refractivity contribution in [3.63, 3.8) is 0 Å². The first-order valence-corrected chi connectivity index (χ1v) is 13.9. The molecule has 0 amide bonds. The first-order valence-electron chi connectivity index (χ1n) is 13.9. The van der Waals surface area contributed by atoms with Crippen LogP contribution in [-0.4, -0.2) is 26.8 Å². The summed E-state index contributed by atoms with van der Waals surface area (Å²) in [4.78, 5) is 32.9. The van der Waals surface area contributed by atoms with Crippen LogP contribution in [0.4, 0.5) is 0 Å². The van der Waals surface area contributed by atoms with Crippen molar-refractivity contribution in [2.45, 2.75) is 52.5 Å². The highest BCUT2D eigenvalue weighted by Gasteiger charge is 2.16. The first-order chi connectivity index (χ1) is 20.0. The molecule has 5 rings (SSSR count). The summed E-state index contributed by atoms with van der Waals surface area (Å²) < 4.78 is 11.8. The molecule has 0 unspecified atom stereocenters. The average Bonchev–Trinajstić information content (AvgIpc) is 3.44. The number of aromatic amines is 1. The lowest BCUT2D eigenvalue weighted by atomic mass is 9.96. The molecule has 0 aliphatic heterocycles. The number of nitrogens with zero attached hydrogens (tertiary/aromatic N) is 3. The second-order valence-corrected chi connectivity index (χ2v) is 10.1. The van der Waals surface area contributed by atoms with Gasteiger partial charge in [0, 0.05) is 24.1 Å². The van der Waals surface area contributed by atoms with Crippen molar-refractivity contribution < 1.29 is 9.26 Å². The zero-order valence-corrected chi connectivity index (χ0v) is 23.6. The van der Waals surface area contributed by atoms with Crippen LogP contribution in [0.1, 0.15) is 48.0 Å². The molecule has 0 saturated heterocycles. The average molecular weight is 551 g/mol. The third kappa shape index (κ3) is 6.38. The molecule has 41 heavy (non-hydrogen) atoms. The normalized spacial score (nSPS) is 11.1. The summed E-state index contributed by atoms with van der Waals surface area (Å²) in [6.45, 7) is 4.63. The van der Waals surface area contributed by atoms with Crippen LogP contribution in [0.3, 0.4) is 0 Å². The quantitative estimate of drug-likeness (QED) is 0.225. The number of aromatic nitrogens is 4. The van der Waals surface area contributed by atoms with Gasteiger partial charge in [0.2, 0.25) is 0 Å². The Hall–Kier alpha value is -4.72. The summed E-state index contributed by atoms with van der Waals surface area (Å²) in [5, 5.41) is 3.85. The maximum Gasteiger partial charge on any atom is 0.439 e. The van der Waals surface area contributed by atoms with Crippen molar-refractivity contribution in [3.8, 4) is 28.3 Å². The van der Waals surface area contributed by atoms with Gasteiger partial charge in [-0.25, -0.2) is 9.78 Å². The molecule has 0 atom stereocenters. The highest BCUT2D eigenvalue weighted by molar-refractivity contribution is 5.80. The second-order valence-electron chi connectivity index (χ2n) is 10.1. The van der Waals surface area contributed by atoms with Crippen LogP contribution in [0.5, 0.6) is 5.75 Å². The molecule has 0 spiro atoms. The molecule has 8 heteroatoms. The molecule has 1 N–H and O–H groups in total. The van der Waals surface area contributed by atoms with Gasteiger partial charge in [0.25, 0.3) is 5.56 Å². The van der Waals surface area contributed by atoms with Crippen molar-refractivity contribution in [2.75, 3.05) is 7.11 Å². The fraction of sp³-hybridized carbons (Fsp3) is 0.273. The van der Waals surface area contributed by atoms with Gasteiger partial charge < -0.3 is 4.74 Å². The summed E-state index contributed by atoms with van der Waals surface area (Å²) in [7, 11) is 1.65. The first kappa shape index (κ1) is 27.8. The zero-order valence-electron chi connectivity index (χ0n) is 23.6. The van der Waals surface area contributed by atoms with Gasteiger partial charge in [-0.1, -0.05) is 79.2 Å². The lowest BCUT2D eigenvalue weighted by Crippen LogP contribution is -2.30. The Kier molecular flexibility index (Phi) is 8.58. The molecular weight excluding hydrogens is 516 g/mol. The molecule has 0 aliphatic rings. The van der Waals surface area contributed by atoms with E-state index < -0.39 is 5.76 Å². The monoisotopic (exact) mass is 550 g/mol. The van der Waals surface area contributed by atoms with Gasteiger partial charge in [-0.2, -0.15) is 0 Å². The molecule has 3 aromatic carbocycles. The van der Waals surface area contributed by atoms with Gasteiger partial charge in [-0.05, 0) is 60.6 Å². The highest BCUT2D eigenvalue weighted by atomic mass is 16.5. The van der Waals surface area contributed by atoms with Crippen molar-refractivity contribution >= 4 is 0 Å². The lowest BCUT2D eigenvalue weighted by molar-refractivity contribution is 0.388. The molecule has 2 aromatic heterocycles. The Morgan fingerprint density at radius 3 is 2.27 bits per heavy atom. The number of hydrogen-bond acceptors (Lipinski definition) is 6. The minimum absolute atomic E-state index is 0.0292. The largest absolute Gasteiger partial charge is 0.497 e. The van der Waals surface area contributed by atoms with E-state index in [1.807, 2.05) is 79.7 Å². The van der Waals surface area contributed by atoms with E-state index in [1.165, 1.54) is 0 Å². The predicted molar refractivity (Wildman–Crippen MR) is 159 cm³/mol. The van der Waals surface area contributed by atoms with E-state index >= 15 is 0 Å². The van der Waals surface area contributed by atoms with Crippen LogP contribution >= 0.6 is 0 Å². The third-order valence-electron chi connectivity index (χ3n) is 7.36. The van der Waals surface area contributed by atoms with E-state index in [-0.39, 0.29) is 5.56 Å². The number of nitrogens with one attached hydrogen (secondary N) is 1. The summed E-state index contributed by atoms with van der Waals surface area (Å²) in [5.74, 6) is 1.35. The molecule has 0 bridgehead atoms. The highest BCUT2D eigenvalue weighted by Crippen LogP contribution is 2.30. The van der Waals surface area contributed by atoms with E-state index in [4.69, 9.17) is 14.2 Å². The van der Waals surface area contributed by atoms with Gasteiger partial charge in [0.15, 0.2) is 5.82 Å². The van der Waals surface area contributed by atoms with Crippen molar-refractivity contribution in [1.82, 2.24) is 19.7 Å². The second kappa shape index (κ2) is 12.6. The maximum absolute atomic E-state index is 13.8. The van der Waals surface area contributed by atoms with Crippen LogP contribution in [0.2, 0.25) is 0 Å². The van der Waals surface area contributed by atoms with E-state index in [1.54, 1.807) is 11.7 Å². The fourth-order valence-corrected chi connectivity index (χ4v) is 5.08. The van der Waals surface area contributed by atoms with E-state index in [2.05, 4.69) is 17.1 Å². The van der Waals surface area contributed by atoms with Crippen LogP contribution in [0.25, 0.3) is 22.5 Å². The zero-order chi connectivity index (χ0) is 28.8. The molecular formula is C33H34N4O4. The third-order valence-corrected chi connectivity index (χ3v) is 7.36. The molecule has 210 valence electrons. The molecule has 5 aromatic rings. The van der Waals surface area contributed by atoms with E-state index in [9.17, 15) is 9.59 Å². The Labute approximate surface area is 238 Å². The summed E-state index contributed by atoms with van der Waals surface area (Å²) in [5.41, 5.74) is 6.51. The lowest BCUT2D eigenvalue weighted by Gasteiger charge is -2.16. The van der Waals surface area contributed by atoms with Crippen molar-refractivity contribution in [3.05, 3.63) is 122 Å². The Bertz CT molecular complexity index is 1730. The van der Waals surface area contributed by atoms with E-state index in [0.29, 0.717) is 18.8 Å². The standard InChI is InChI=1S/C33H34N4O4/c1-4-5-10-30-29(32(38)37(22(2)34-30)20-19-23-13-17-26(40-3)18-14-23)21-24-11-15-25(16-12-24)27-8-6-7-9-28(27)31-35-33(39)41-36-31/h6-9,11-18H,4-5,10,19-21H2,1-3H3,(H,35,36,39). The van der Waals surface area contributed by atoms with Crippen LogP contribution in [0, 0.1) is 6.92 Å². The number of unbranched alkanes of at least 4 members (excludes halogenated alkanes) is 1. The van der Waals surface area contributed by atoms with Crippen molar-refractivity contribution in [2.24, 2.45) is 0 Å². The van der Waals surface area contributed by atoms with Gasteiger partial charge >= 0.3 is 5.76 Å². The summed E-state index contributed by atoms with van der Waals surface area (Å²) in [6, 6.07) is 23.8. The Morgan fingerprint density at radius 1 is 0.902 bits per heavy atom. The smallest absolute Gasteiger partial charge is 0.439 e. The van der Waals surface area contributed by atoms with Crippen molar-refractivity contribution in [1.29, 1.82) is 0 Å². The minimum Gasteiger partial charge on any atom is -0.497 e. The molecule has 0 radical (unpaired) electrons. The van der Waals surface area contributed by atoms with Gasteiger partial charge in [-0.15, -0.1) is 0 Å². The van der Waals surface area contributed by atoms with Gasteiger partial charge in [0.1, 0.15) is 11.6 Å². The molecule has 2 heterocycles. The van der Waals surface area contributed by atoms with E-state index in [0.717, 1.165) is 76.3 Å². The topological polar surface area (TPSA) is 103 Å². The predicted octanol–water partition coefficient (Wildman–Crippen LogP) is 5.75. The maximum atomic E-state index is 13.8. The number of H-pyrrole nitrogens is 1. The number of hydrogen-bond donors (Lipinski definition) is 1. The SMILES string of the molecule is CCCCc1nc(C)n(CCc2ccc(OC)cc2)c(=O)c1Cc1ccc(-c2ccccc2-c2noc(=O)[nH]2)cc1. The molecule has 0 aliphatic carbocycles. The summed E-state index contributed by atoms with van der Waals surface area (Å²) in [6.07, 6.45) is 4.03. The Balaban J connectivity index is 1.42.